The van der Waals surface area contributed by atoms with Crippen LogP contribution in [0, 0.1) is 6.92 Å². The number of ether oxygens (including phenoxy) is 1. The number of hydrogen-bond acceptors (Lipinski definition) is 2. The minimum absolute atomic E-state index is 0.548. The molecule has 110 valence electrons. The fraction of sp³-hybridized carbons (Fsp3) is 0.333. The lowest BCUT2D eigenvalue weighted by atomic mass is 10.1. The summed E-state index contributed by atoms with van der Waals surface area (Å²) in [5.74, 6) is 0.745. The molecule has 2 aromatic rings. The Hall–Kier alpha value is -1.51. The molecule has 1 fully saturated rings. The van der Waals surface area contributed by atoms with Crippen molar-refractivity contribution in [3.05, 3.63) is 64.2 Å². The van der Waals surface area contributed by atoms with Crippen molar-refractivity contribution >= 4 is 11.6 Å². The monoisotopic (exact) mass is 301 g/mol. The zero-order valence-corrected chi connectivity index (χ0v) is 13.0. The molecule has 0 bridgehead atoms. The van der Waals surface area contributed by atoms with Crippen LogP contribution in [0.5, 0.6) is 5.75 Å². The second-order valence-electron chi connectivity index (χ2n) is 5.64. The zero-order valence-electron chi connectivity index (χ0n) is 12.2. The van der Waals surface area contributed by atoms with Crippen LogP contribution in [0.15, 0.2) is 42.5 Å². The Morgan fingerprint density at radius 1 is 1.19 bits per heavy atom. The minimum Gasteiger partial charge on any atom is -0.487 e. The molecule has 0 atom stereocenters. The molecule has 0 aliphatic heterocycles. The summed E-state index contributed by atoms with van der Waals surface area (Å²) in [5.41, 5.74) is 3.63. The van der Waals surface area contributed by atoms with Crippen LogP contribution in [0.25, 0.3) is 0 Å². The third-order valence-corrected chi connectivity index (χ3v) is 4.11. The van der Waals surface area contributed by atoms with Crippen molar-refractivity contribution in [2.24, 2.45) is 0 Å². The summed E-state index contributed by atoms with van der Waals surface area (Å²) in [7, 11) is 0. The first-order chi connectivity index (χ1) is 10.2. The predicted molar refractivity (Wildman–Crippen MR) is 86.8 cm³/mol. The van der Waals surface area contributed by atoms with Gasteiger partial charge in [-0.25, -0.2) is 0 Å². The molecule has 0 spiro atoms. The summed E-state index contributed by atoms with van der Waals surface area (Å²) in [6.07, 6.45) is 2.59. The van der Waals surface area contributed by atoms with Crippen LogP contribution >= 0.6 is 11.6 Å². The molecular formula is C18H20ClNO. The van der Waals surface area contributed by atoms with Gasteiger partial charge in [0.2, 0.25) is 0 Å². The van der Waals surface area contributed by atoms with E-state index in [0.717, 1.165) is 12.3 Å². The number of aryl methyl sites for hydroxylation is 1. The molecule has 3 heteroatoms. The molecular weight excluding hydrogens is 282 g/mol. The summed E-state index contributed by atoms with van der Waals surface area (Å²) in [6, 6.07) is 15.0. The van der Waals surface area contributed by atoms with Crippen molar-refractivity contribution < 1.29 is 4.74 Å². The third-order valence-electron chi connectivity index (χ3n) is 3.81. The third kappa shape index (κ3) is 3.99. The van der Waals surface area contributed by atoms with Gasteiger partial charge in [0.15, 0.2) is 0 Å². The van der Waals surface area contributed by atoms with Crippen LogP contribution < -0.4 is 10.1 Å². The van der Waals surface area contributed by atoms with Crippen molar-refractivity contribution in [1.29, 1.82) is 0 Å². The van der Waals surface area contributed by atoms with Crippen molar-refractivity contribution in [3.63, 3.8) is 0 Å². The second kappa shape index (κ2) is 6.50. The molecule has 21 heavy (non-hydrogen) atoms. The molecule has 0 radical (unpaired) electrons. The standard InChI is InChI=1S/C18H20ClNO/c1-13-4-2-3-5-15(13)12-21-18-9-6-14(10-17(18)19)11-20-16-7-8-16/h2-6,9-10,16,20H,7-8,11-12H2,1H3. The highest BCUT2D eigenvalue weighted by Crippen LogP contribution is 2.27. The highest BCUT2D eigenvalue weighted by Gasteiger charge is 2.20. The van der Waals surface area contributed by atoms with Crippen molar-refractivity contribution in [2.45, 2.75) is 39.0 Å². The van der Waals surface area contributed by atoms with E-state index in [0.29, 0.717) is 17.7 Å². The molecule has 1 N–H and O–H groups in total. The fourth-order valence-corrected chi connectivity index (χ4v) is 2.51. The summed E-state index contributed by atoms with van der Waals surface area (Å²) in [6.45, 7) is 3.52. The number of halogens is 1. The molecule has 1 aliphatic carbocycles. The Labute approximate surface area is 131 Å². The smallest absolute Gasteiger partial charge is 0.138 e. The second-order valence-corrected chi connectivity index (χ2v) is 6.04. The van der Waals surface area contributed by atoms with Crippen molar-refractivity contribution in [3.8, 4) is 5.75 Å². The molecule has 0 saturated heterocycles. The number of hydrogen-bond donors (Lipinski definition) is 1. The van der Waals surface area contributed by atoms with Gasteiger partial charge in [-0.3, -0.25) is 0 Å². The van der Waals surface area contributed by atoms with E-state index in [1.54, 1.807) is 0 Å². The Bertz CT molecular complexity index is 622. The molecule has 1 saturated carbocycles. The van der Waals surface area contributed by atoms with Gasteiger partial charge in [-0.05, 0) is 48.6 Å². The van der Waals surface area contributed by atoms with Crippen molar-refractivity contribution in [2.75, 3.05) is 0 Å². The van der Waals surface area contributed by atoms with E-state index in [1.165, 1.54) is 29.5 Å². The van der Waals surface area contributed by atoms with E-state index in [4.69, 9.17) is 16.3 Å². The van der Waals surface area contributed by atoms with Crippen LogP contribution in [-0.4, -0.2) is 6.04 Å². The van der Waals surface area contributed by atoms with Crippen LogP contribution in [0.4, 0.5) is 0 Å². The van der Waals surface area contributed by atoms with Gasteiger partial charge in [0.1, 0.15) is 12.4 Å². The lowest BCUT2D eigenvalue weighted by molar-refractivity contribution is 0.305. The van der Waals surface area contributed by atoms with Crippen molar-refractivity contribution in [1.82, 2.24) is 5.32 Å². The first kappa shape index (κ1) is 14.4. The lowest BCUT2D eigenvalue weighted by Gasteiger charge is -2.11. The molecule has 0 unspecified atom stereocenters. The maximum absolute atomic E-state index is 6.31. The number of nitrogens with one attached hydrogen (secondary N) is 1. The van der Waals surface area contributed by atoms with E-state index in [-0.39, 0.29) is 0 Å². The van der Waals surface area contributed by atoms with Gasteiger partial charge in [-0.1, -0.05) is 41.9 Å². The van der Waals surface area contributed by atoms with E-state index < -0.39 is 0 Å². The molecule has 0 amide bonds. The predicted octanol–water partition coefficient (Wildman–Crippen LogP) is 4.48. The fourth-order valence-electron chi connectivity index (χ4n) is 2.25. The Balaban J connectivity index is 1.61. The highest BCUT2D eigenvalue weighted by atomic mass is 35.5. The largest absolute Gasteiger partial charge is 0.487 e. The van der Waals surface area contributed by atoms with Crippen LogP contribution in [0.1, 0.15) is 29.5 Å². The average Bonchev–Trinajstić information content (AvgIpc) is 3.30. The van der Waals surface area contributed by atoms with E-state index in [2.05, 4.69) is 30.4 Å². The normalized spacial score (nSPS) is 14.2. The summed E-state index contributed by atoms with van der Waals surface area (Å²) in [5, 5.41) is 4.16. The molecule has 2 aromatic carbocycles. The van der Waals surface area contributed by atoms with E-state index >= 15 is 0 Å². The lowest BCUT2D eigenvalue weighted by Crippen LogP contribution is -2.15. The van der Waals surface area contributed by atoms with Gasteiger partial charge in [0.25, 0.3) is 0 Å². The van der Waals surface area contributed by atoms with Gasteiger partial charge in [-0.2, -0.15) is 0 Å². The summed E-state index contributed by atoms with van der Waals surface area (Å²) < 4.78 is 5.84. The number of benzene rings is 2. The first-order valence-corrected chi connectivity index (χ1v) is 7.79. The van der Waals surface area contributed by atoms with E-state index in [1.807, 2.05) is 24.3 Å². The Kier molecular flexibility index (Phi) is 4.47. The zero-order chi connectivity index (χ0) is 14.7. The van der Waals surface area contributed by atoms with Gasteiger partial charge >= 0.3 is 0 Å². The Morgan fingerprint density at radius 3 is 2.71 bits per heavy atom. The molecule has 3 rings (SSSR count). The maximum Gasteiger partial charge on any atom is 0.138 e. The highest BCUT2D eigenvalue weighted by molar-refractivity contribution is 6.32. The van der Waals surface area contributed by atoms with Crippen LogP contribution in [-0.2, 0) is 13.2 Å². The summed E-state index contributed by atoms with van der Waals surface area (Å²) >= 11 is 6.31. The topological polar surface area (TPSA) is 21.3 Å². The van der Waals surface area contributed by atoms with Gasteiger partial charge in [0, 0.05) is 12.6 Å². The first-order valence-electron chi connectivity index (χ1n) is 7.41. The minimum atomic E-state index is 0.548. The summed E-state index contributed by atoms with van der Waals surface area (Å²) in [4.78, 5) is 0. The Morgan fingerprint density at radius 2 is 2.00 bits per heavy atom. The SMILES string of the molecule is Cc1ccccc1COc1ccc(CNC2CC2)cc1Cl. The van der Waals surface area contributed by atoms with E-state index in [9.17, 15) is 0 Å². The quantitative estimate of drug-likeness (QED) is 0.849. The van der Waals surface area contributed by atoms with Gasteiger partial charge in [0.05, 0.1) is 5.02 Å². The van der Waals surface area contributed by atoms with Gasteiger partial charge < -0.3 is 10.1 Å². The molecule has 0 aromatic heterocycles. The van der Waals surface area contributed by atoms with Crippen LogP contribution in [0.2, 0.25) is 5.02 Å². The molecule has 0 heterocycles. The maximum atomic E-state index is 6.31. The van der Waals surface area contributed by atoms with Gasteiger partial charge in [-0.15, -0.1) is 0 Å². The number of rotatable bonds is 6. The van der Waals surface area contributed by atoms with Crippen LogP contribution in [0.3, 0.4) is 0 Å². The molecule has 2 nitrogen and oxygen atoms in total. The molecule has 1 aliphatic rings. The average molecular weight is 302 g/mol.